The van der Waals surface area contributed by atoms with Crippen LogP contribution in [0.5, 0.6) is 138 Å². The van der Waals surface area contributed by atoms with Crippen LogP contribution in [0.2, 0.25) is 0 Å². The van der Waals surface area contributed by atoms with E-state index in [0.29, 0.717) is 97.1 Å². The average Bonchev–Trinajstić information content (AvgIpc) is 0.796. The maximum atomic E-state index is 13.8. The number of hydrogen-bond donors (Lipinski definition) is 18. The summed E-state index contributed by atoms with van der Waals surface area (Å²) < 4.78 is 43.2. The van der Waals surface area contributed by atoms with E-state index >= 15 is 0 Å². The lowest BCUT2D eigenvalue weighted by molar-refractivity contribution is 0.0471. The molecule has 0 aromatic heterocycles. The van der Waals surface area contributed by atoms with Crippen LogP contribution in [0.15, 0.2) is 97.1 Å². The first-order chi connectivity index (χ1) is 45.3. The Labute approximate surface area is 532 Å². The van der Waals surface area contributed by atoms with E-state index in [1.165, 1.54) is 0 Å². The highest BCUT2D eigenvalue weighted by Crippen LogP contribution is 2.47. The van der Waals surface area contributed by atoms with Gasteiger partial charge in [-0.2, -0.15) is 0 Å². The van der Waals surface area contributed by atoms with Gasteiger partial charge in [0.15, 0.2) is 126 Å². The molecule has 0 aliphatic rings. The van der Waals surface area contributed by atoms with Crippen LogP contribution in [0.1, 0.15) is 109 Å². The summed E-state index contributed by atoms with van der Waals surface area (Å²) in [5.74, 6) is -37.1. The Morgan fingerprint density at radius 2 is 0.365 bits per heavy atom. The van der Waals surface area contributed by atoms with Crippen LogP contribution in [0, 0.1) is 0 Å². The number of carbonyl (C=O) groups excluding carboxylic acids is 8. The number of carbonyl (C=O) groups is 8. The lowest BCUT2D eigenvalue weighted by atomic mass is 10.1. The molecule has 0 atom stereocenters. The molecule has 0 radical (unpaired) electrons. The van der Waals surface area contributed by atoms with Crippen LogP contribution in [-0.4, -0.2) is 153 Å². The summed E-state index contributed by atoms with van der Waals surface area (Å²) in [4.78, 5) is 109. The van der Waals surface area contributed by atoms with E-state index < -0.39 is 243 Å². The van der Waals surface area contributed by atoms with Crippen LogP contribution >= 0.6 is 0 Å². The largest absolute Gasteiger partial charge is 0.504 e. The zero-order valence-corrected chi connectivity index (χ0v) is 48.1. The van der Waals surface area contributed by atoms with Gasteiger partial charge in [0.1, 0.15) is 0 Å². The van der Waals surface area contributed by atoms with E-state index in [-0.39, 0.29) is 25.7 Å². The second-order valence-electron chi connectivity index (χ2n) is 19.8. The van der Waals surface area contributed by atoms with Gasteiger partial charge < -0.3 is 130 Å². The molecule has 8 aromatic carbocycles. The normalized spacial score (nSPS) is 10.8. The molecule has 0 saturated heterocycles. The maximum absolute atomic E-state index is 13.8. The number of hydrogen-bond acceptors (Lipinski definition) is 34. The second-order valence-corrected chi connectivity index (χ2v) is 19.8. The van der Waals surface area contributed by atoms with Crippen LogP contribution in [0.4, 0.5) is 0 Å². The Hall–Kier alpha value is -14.1. The van der Waals surface area contributed by atoms with Gasteiger partial charge in [-0.05, 0) is 123 Å². The van der Waals surface area contributed by atoms with E-state index in [9.17, 15) is 130 Å². The number of phenolic OH excluding ortho intramolecular Hbond substituents is 18. The van der Waals surface area contributed by atoms with Crippen molar-refractivity contribution in [3.8, 4) is 138 Å². The number of ether oxygens (including phenoxy) is 8. The van der Waals surface area contributed by atoms with Crippen molar-refractivity contribution in [2.75, 3.05) is 13.2 Å². The van der Waals surface area contributed by atoms with Gasteiger partial charge in [-0.1, -0.05) is 0 Å². The number of unbranched alkanes of at least 4 members (excludes halogenated alkanes) is 3. The molecule has 96 heavy (non-hydrogen) atoms. The van der Waals surface area contributed by atoms with E-state index in [1.807, 2.05) is 0 Å². The third-order valence-corrected chi connectivity index (χ3v) is 13.1. The number of rotatable bonds is 21. The first-order valence-corrected chi connectivity index (χ1v) is 26.8. The number of esters is 8. The standard InChI is InChI=1S/C62H46O34/c63-31-7-23(8-32(64)47(31)75)57(83)91-43-19-29(20-44(92-58(84)24-9-33(65)48(76)34(66)10-24)53(43)95-61(87)27-15-39(71)51(79)40(72)16-27)55(81)89-5-3-1-2-4-6-90-56(82)30-21-45(93-59(85)25-11-35(67)49(77)36(68)12-25)54(96-62(88)28-17-41(73)52(80)42(74)18-28)46(22-30)94-60(86)26-13-37(69)50(78)38(70)14-26/h7-22,63-80H,1-6H2. The Balaban J connectivity index is 1.02. The monoisotopic (exact) mass is 1330 g/mol. The maximum Gasteiger partial charge on any atom is 0.344 e. The van der Waals surface area contributed by atoms with Gasteiger partial charge in [-0.25, -0.2) is 38.4 Å². The molecule has 18 N–H and O–H groups in total. The topological polar surface area (TPSA) is 575 Å². The molecule has 0 spiro atoms. The fourth-order valence-electron chi connectivity index (χ4n) is 8.22. The van der Waals surface area contributed by atoms with Crippen molar-refractivity contribution >= 4 is 47.8 Å². The minimum absolute atomic E-state index is 0.0211. The van der Waals surface area contributed by atoms with Gasteiger partial charge >= 0.3 is 47.8 Å². The molecule has 34 nitrogen and oxygen atoms in total. The summed E-state index contributed by atoms with van der Waals surface area (Å²) in [5.41, 5.74) is -5.64. The van der Waals surface area contributed by atoms with Gasteiger partial charge in [0, 0.05) is 0 Å². The van der Waals surface area contributed by atoms with Crippen LogP contribution < -0.4 is 28.4 Å². The molecule has 498 valence electrons. The van der Waals surface area contributed by atoms with E-state index in [4.69, 9.17) is 37.9 Å². The van der Waals surface area contributed by atoms with Crippen LogP contribution in [0.25, 0.3) is 0 Å². The van der Waals surface area contributed by atoms with Gasteiger partial charge in [0.05, 0.1) is 57.7 Å². The molecule has 0 aliphatic heterocycles. The van der Waals surface area contributed by atoms with Gasteiger partial charge in [0.2, 0.25) is 11.5 Å². The van der Waals surface area contributed by atoms with Crippen LogP contribution in [0.3, 0.4) is 0 Å². The summed E-state index contributed by atoms with van der Waals surface area (Å²) in [6.07, 6.45) is 0.391. The number of benzene rings is 8. The predicted octanol–water partition coefficient (Wildman–Crippen LogP) is 6.28. The van der Waals surface area contributed by atoms with Gasteiger partial charge in [-0.3, -0.25) is 0 Å². The molecule has 8 rings (SSSR count). The van der Waals surface area contributed by atoms with Crippen molar-refractivity contribution in [1.82, 2.24) is 0 Å². The SMILES string of the molecule is O=C(OCCCCCCOC(=O)c1cc(OC(=O)c2cc(O)c(O)c(O)c2)c(OC(=O)c2cc(O)c(O)c(O)c2)c(OC(=O)c2cc(O)c(O)c(O)c2)c1)c1cc(OC(=O)c2cc(O)c(O)c(O)c2)c(OC(=O)c2cc(O)c(O)c(O)c2)c(OC(=O)c2cc(O)c(O)c(O)c2)c1. The lowest BCUT2D eigenvalue weighted by Gasteiger charge is -2.17. The molecule has 0 heterocycles. The molecule has 0 bridgehead atoms. The minimum atomic E-state index is -1.56. The number of phenols is 18. The summed E-state index contributed by atoms with van der Waals surface area (Å²) in [6, 6.07) is 9.98. The van der Waals surface area contributed by atoms with Crippen molar-refractivity contribution in [2.24, 2.45) is 0 Å². The van der Waals surface area contributed by atoms with E-state index in [1.54, 1.807) is 0 Å². The number of aromatic hydroxyl groups is 18. The molecule has 0 fully saturated rings. The lowest BCUT2D eigenvalue weighted by Crippen LogP contribution is -2.17. The molecular weight excluding hydrogens is 1290 g/mol. The second kappa shape index (κ2) is 28.0. The zero-order valence-electron chi connectivity index (χ0n) is 48.1. The fourth-order valence-corrected chi connectivity index (χ4v) is 8.22. The zero-order chi connectivity index (χ0) is 70.3. The highest BCUT2D eigenvalue weighted by Gasteiger charge is 2.32. The summed E-state index contributed by atoms with van der Waals surface area (Å²) >= 11 is 0. The first kappa shape index (κ1) is 67.8. The van der Waals surface area contributed by atoms with Crippen molar-refractivity contribution in [3.63, 3.8) is 0 Å². The highest BCUT2D eigenvalue weighted by molar-refractivity contribution is 6.01. The Morgan fingerprint density at radius 1 is 0.208 bits per heavy atom. The Morgan fingerprint density at radius 3 is 0.542 bits per heavy atom. The Kier molecular flexibility index (Phi) is 19.8. The quantitative estimate of drug-likeness (QED) is 0.0163. The minimum Gasteiger partial charge on any atom is -0.504 e. The third kappa shape index (κ3) is 15.2. The van der Waals surface area contributed by atoms with Crippen molar-refractivity contribution in [3.05, 3.63) is 142 Å². The highest BCUT2D eigenvalue weighted by atomic mass is 16.6. The molecule has 0 aliphatic carbocycles. The molecule has 34 heteroatoms. The first-order valence-electron chi connectivity index (χ1n) is 26.8. The molecule has 8 aromatic rings. The van der Waals surface area contributed by atoms with Crippen molar-refractivity contribution in [1.29, 1.82) is 0 Å². The van der Waals surface area contributed by atoms with Gasteiger partial charge in [-0.15, -0.1) is 0 Å². The summed E-state index contributed by atoms with van der Waals surface area (Å²) in [6.45, 7) is -0.874. The van der Waals surface area contributed by atoms with E-state index in [0.717, 1.165) is 0 Å². The van der Waals surface area contributed by atoms with Gasteiger partial charge in [0.25, 0.3) is 0 Å². The average molecular weight is 1340 g/mol. The summed E-state index contributed by atoms with van der Waals surface area (Å²) in [7, 11) is 0. The molecular formula is C62H46O34. The molecule has 0 amide bonds. The smallest absolute Gasteiger partial charge is 0.344 e. The molecule has 0 unspecified atom stereocenters. The van der Waals surface area contributed by atoms with E-state index in [2.05, 4.69) is 0 Å². The Bertz CT molecular complexity index is 3920. The van der Waals surface area contributed by atoms with Crippen LogP contribution in [-0.2, 0) is 9.47 Å². The third-order valence-electron chi connectivity index (χ3n) is 13.1. The van der Waals surface area contributed by atoms with Crippen molar-refractivity contribution in [2.45, 2.75) is 25.7 Å². The summed E-state index contributed by atoms with van der Waals surface area (Å²) in [5, 5.41) is 181. The predicted molar refractivity (Wildman–Crippen MR) is 310 cm³/mol. The van der Waals surface area contributed by atoms with Crippen molar-refractivity contribution < 1.29 is 168 Å². The molecule has 0 saturated carbocycles. The fraction of sp³-hybridized carbons (Fsp3) is 0.0968.